The average molecular weight is 255 g/mol. The van der Waals surface area contributed by atoms with Crippen molar-refractivity contribution in [2.45, 2.75) is 19.4 Å². The molecule has 2 aromatic rings. The Morgan fingerprint density at radius 2 is 1.84 bits per heavy atom. The highest BCUT2D eigenvalue weighted by molar-refractivity contribution is 5.80. The van der Waals surface area contributed by atoms with Crippen LogP contribution >= 0.6 is 0 Å². The molecule has 0 saturated heterocycles. The molecular formula is C16H17NO2. The monoisotopic (exact) mass is 255 g/mol. The molecule has 0 amide bonds. The van der Waals surface area contributed by atoms with Crippen molar-refractivity contribution in [1.29, 1.82) is 0 Å². The van der Waals surface area contributed by atoms with Gasteiger partial charge in [-0.25, -0.2) is 0 Å². The lowest BCUT2D eigenvalue weighted by Gasteiger charge is -2.16. The number of nitrogen functional groups attached to an aromatic ring is 1. The molecule has 3 heteroatoms. The highest BCUT2D eigenvalue weighted by Gasteiger charge is 2.15. The maximum Gasteiger partial charge on any atom is 0.134 e. The molecule has 19 heavy (non-hydrogen) atoms. The number of carbonyl (C=O) groups is 1. The summed E-state index contributed by atoms with van der Waals surface area (Å²) in [4.78, 5) is 11.2. The lowest BCUT2D eigenvalue weighted by molar-refractivity contribution is -0.116. The van der Waals surface area contributed by atoms with Crippen LogP contribution in [-0.2, 0) is 11.2 Å². The number of ketones is 1. The summed E-state index contributed by atoms with van der Waals surface area (Å²) < 4.78 is 0. The summed E-state index contributed by atoms with van der Waals surface area (Å²) >= 11 is 0. The lowest BCUT2D eigenvalue weighted by Crippen LogP contribution is -2.08. The van der Waals surface area contributed by atoms with Gasteiger partial charge in [-0.3, -0.25) is 4.79 Å². The van der Waals surface area contributed by atoms with Crippen LogP contribution in [0.4, 0.5) is 5.69 Å². The molecule has 1 atom stereocenters. The second kappa shape index (κ2) is 5.67. The minimum Gasteiger partial charge on any atom is -0.398 e. The highest BCUT2D eigenvalue weighted by atomic mass is 16.3. The van der Waals surface area contributed by atoms with Crippen LogP contribution in [-0.4, -0.2) is 10.9 Å². The molecule has 0 aliphatic carbocycles. The van der Waals surface area contributed by atoms with Crippen molar-refractivity contribution in [3.8, 4) is 0 Å². The number of aliphatic hydroxyl groups excluding tert-OH is 1. The van der Waals surface area contributed by atoms with Crippen LogP contribution < -0.4 is 5.73 Å². The number of nitrogens with two attached hydrogens (primary N) is 1. The van der Waals surface area contributed by atoms with E-state index in [0.717, 1.165) is 11.1 Å². The van der Waals surface area contributed by atoms with E-state index in [1.165, 1.54) is 6.92 Å². The van der Waals surface area contributed by atoms with Gasteiger partial charge in [0, 0.05) is 17.7 Å². The standard InChI is InChI=1S/C16H17NO2/c1-11(18)10-13-8-5-9-14(15(13)17)16(19)12-6-3-2-4-7-12/h2-9,16,19H,10,17H2,1H3. The second-order valence-corrected chi connectivity index (χ2v) is 4.61. The summed E-state index contributed by atoms with van der Waals surface area (Å²) in [6.07, 6.45) is -0.477. The molecule has 0 radical (unpaired) electrons. The third-order valence-electron chi connectivity index (χ3n) is 3.08. The maximum atomic E-state index is 11.2. The summed E-state index contributed by atoms with van der Waals surface area (Å²) in [5.74, 6) is 0.0538. The van der Waals surface area contributed by atoms with Crippen molar-refractivity contribution in [2.75, 3.05) is 5.73 Å². The van der Waals surface area contributed by atoms with E-state index >= 15 is 0 Å². The first-order valence-corrected chi connectivity index (χ1v) is 6.19. The molecule has 0 saturated carbocycles. The fraction of sp³-hybridized carbons (Fsp3) is 0.188. The van der Waals surface area contributed by atoms with Gasteiger partial charge in [0.1, 0.15) is 11.9 Å². The summed E-state index contributed by atoms with van der Waals surface area (Å²) in [5, 5.41) is 10.4. The Bertz CT molecular complexity index is 579. The minimum absolute atomic E-state index is 0.0538. The molecule has 0 heterocycles. The van der Waals surface area contributed by atoms with Crippen LogP contribution in [0.1, 0.15) is 29.7 Å². The zero-order valence-corrected chi connectivity index (χ0v) is 10.8. The van der Waals surface area contributed by atoms with E-state index in [0.29, 0.717) is 17.7 Å². The van der Waals surface area contributed by atoms with Crippen LogP contribution in [0.2, 0.25) is 0 Å². The van der Waals surface area contributed by atoms with Gasteiger partial charge in [0.05, 0.1) is 0 Å². The van der Waals surface area contributed by atoms with Crippen molar-refractivity contribution in [1.82, 2.24) is 0 Å². The van der Waals surface area contributed by atoms with E-state index in [1.54, 1.807) is 6.07 Å². The summed E-state index contributed by atoms with van der Waals surface area (Å²) in [7, 11) is 0. The van der Waals surface area contributed by atoms with Gasteiger partial charge < -0.3 is 10.8 Å². The van der Waals surface area contributed by atoms with Crippen molar-refractivity contribution < 1.29 is 9.90 Å². The van der Waals surface area contributed by atoms with Gasteiger partial charge in [0.15, 0.2) is 0 Å². The van der Waals surface area contributed by atoms with Crippen molar-refractivity contribution >= 4 is 11.5 Å². The molecule has 2 rings (SSSR count). The quantitative estimate of drug-likeness (QED) is 0.825. The van der Waals surface area contributed by atoms with Crippen LogP contribution in [0.15, 0.2) is 48.5 Å². The van der Waals surface area contributed by atoms with Gasteiger partial charge in [-0.15, -0.1) is 0 Å². The number of hydrogen-bond acceptors (Lipinski definition) is 3. The summed E-state index contributed by atoms with van der Waals surface area (Å²) in [6, 6.07) is 14.8. The van der Waals surface area contributed by atoms with E-state index in [1.807, 2.05) is 42.5 Å². The molecule has 0 spiro atoms. The largest absolute Gasteiger partial charge is 0.398 e. The first-order valence-electron chi connectivity index (χ1n) is 6.19. The molecule has 2 aromatic carbocycles. The molecule has 1 unspecified atom stereocenters. The first-order chi connectivity index (χ1) is 9.09. The van der Waals surface area contributed by atoms with Crippen LogP contribution in [0.3, 0.4) is 0 Å². The number of Topliss-reactive ketones (excluding diaryl/α,β-unsaturated/α-hetero) is 1. The Labute approximate surface area is 112 Å². The van der Waals surface area contributed by atoms with Gasteiger partial charge in [0.25, 0.3) is 0 Å². The average Bonchev–Trinajstić information content (AvgIpc) is 2.41. The Morgan fingerprint density at radius 1 is 1.16 bits per heavy atom. The van der Waals surface area contributed by atoms with Crippen molar-refractivity contribution in [2.24, 2.45) is 0 Å². The second-order valence-electron chi connectivity index (χ2n) is 4.61. The highest BCUT2D eigenvalue weighted by Crippen LogP contribution is 2.29. The molecule has 0 aliphatic rings. The summed E-state index contributed by atoms with van der Waals surface area (Å²) in [5.41, 5.74) is 8.75. The van der Waals surface area contributed by atoms with Crippen molar-refractivity contribution in [3.05, 3.63) is 65.2 Å². The van der Waals surface area contributed by atoms with Gasteiger partial charge in [0.2, 0.25) is 0 Å². The van der Waals surface area contributed by atoms with Crippen LogP contribution in [0.25, 0.3) is 0 Å². The third kappa shape index (κ3) is 3.01. The number of para-hydroxylation sites is 1. The number of carbonyl (C=O) groups excluding carboxylic acids is 1. The van der Waals surface area contributed by atoms with Gasteiger partial charge in [-0.1, -0.05) is 48.5 Å². The van der Waals surface area contributed by atoms with E-state index in [-0.39, 0.29) is 5.78 Å². The van der Waals surface area contributed by atoms with Gasteiger partial charge in [-0.05, 0) is 18.1 Å². The van der Waals surface area contributed by atoms with E-state index in [9.17, 15) is 9.90 Å². The zero-order valence-electron chi connectivity index (χ0n) is 10.8. The van der Waals surface area contributed by atoms with Gasteiger partial charge in [-0.2, -0.15) is 0 Å². The predicted octanol–water partition coefficient (Wildman–Crippen LogP) is 2.48. The molecule has 98 valence electrons. The zero-order chi connectivity index (χ0) is 13.8. The minimum atomic E-state index is -0.770. The summed E-state index contributed by atoms with van der Waals surface area (Å²) in [6.45, 7) is 1.53. The van der Waals surface area contributed by atoms with Crippen molar-refractivity contribution in [3.63, 3.8) is 0 Å². The first kappa shape index (κ1) is 13.3. The number of anilines is 1. The Morgan fingerprint density at radius 3 is 2.47 bits per heavy atom. The number of aliphatic hydroxyl groups is 1. The van der Waals surface area contributed by atoms with Gasteiger partial charge >= 0.3 is 0 Å². The molecule has 0 aliphatic heterocycles. The Hall–Kier alpha value is -2.13. The maximum absolute atomic E-state index is 11.2. The number of benzene rings is 2. The molecule has 0 aromatic heterocycles. The number of rotatable bonds is 4. The third-order valence-corrected chi connectivity index (χ3v) is 3.08. The molecule has 0 bridgehead atoms. The lowest BCUT2D eigenvalue weighted by atomic mass is 9.96. The van der Waals surface area contributed by atoms with E-state index in [4.69, 9.17) is 5.73 Å². The molecule has 0 fully saturated rings. The SMILES string of the molecule is CC(=O)Cc1cccc(C(O)c2ccccc2)c1N. The molecule has 3 nitrogen and oxygen atoms in total. The van der Waals surface area contributed by atoms with Crippen LogP contribution in [0.5, 0.6) is 0 Å². The Balaban J connectivity index is 2.37. The predicted molar refractivity (Wildman–Crippen MR) is 75.7 cm³/mol. The molecular weight excluding hydrogens is 238 g/mol. The van der Waals surface area contributed by atoms with E-state index in [2.05, 4.69) is 0 Å². The smallest absolute Gasteiger partial charge is 0.134 e. The van der Waals surface area contributed by atoms with Crippen LogP contribution in [0, 0.1) is 0 Å². The number of hydrogen-bond donors (Lipinski definition) is 2. The Kier molecular flexibility index (Phi) is 3.97. The topological polar surface area (TPSA) is 63.3 Å². The fourth-order valence-corrected chi connectivity index (χ4v) is 2.11. The van der Waals surface area contributed by atoms with E-state index < -0.39 is 6.10 Å². The molecule has 3 N–H and O–H groups in total. The normalized spacial score (nSPS) is 12.1. The fourth-order valence-electron chi connectivity index (χ4n) is 2.11.